The molecule has 1 aromatic rings. The zero-order valence-corrected chi connectivity index (χ0v) is 6.06. The first-order valence-corrected chi connectivity index (χ1v) is 2.62. The highest BCUT2D eigenvalue weighted by molar-refractivity contribution is 5.85. The second-order valence-electron chi connectivity index (χ2n) is 1.60. The molecule has 0 bridgehead atoms. The van der Waals surface area contributed by atoms with E-state index in [1.165, 1.54) is 4.68 Å². The van der Waals surface area contributed by atoms with E-state index < -0.39 is 0 Å². The molecule has 0 aliphatic rings. The second kappa shape index (κ2) is 3.35. The largest absolute Gasteiger partial charge is 0.338 e. The van der Waals surface area contributed by atoms with E-state index in [4.69, 9.17) is 5.84 Å². The van der Waals surface area contributed by atoms with Crippen LogP contribution in [0.3, 0.4) is 0 Å². The third-order valence-corrected chi connectivity index (χ3v) is 1.07. The summed E-state index contributed by atoms with van der Waals surface area (Å²) in [4.78, 5) is 3.97. The van der Waals surface area contributed by atoms with Crippen molar-refractivity contribution in [2.75, 3.05) is 5.84 Å². The van der Waals surface area contributed by atoms with Crippen molar-refractivity contribution >= 4 is 12.4 Å². The third-order valence-electron chi connectivity index (χ3n) is 1.07. The number of hydrogen-bond acceptors (Lipinski definition) is 2. The van der Waals surface area contributed by atoms with Crippen LogP contribution in [0.1, 0.15) is 12.7 Å². The van der Waals surface area contributed by atoms with Gasteiger partial charge in [-0.1, -0.05) is 6.92 Å². The van der Waals surface area contributed by atoms with Gasteiger partial charge >= 0.3 is 0 Å². The van der Waals surface area contributed by atoms with Gasteiger partial charge in [0.05, 0.1) is 0 Å². The molecule has 0 fully saturated rings. The summed E-state index contributed by atoms with van der Waals surface area (Å²) in [6.07, 6.45) is 4.32. The quantitative estimate of drug-likeness (QED) is 0.591. The lowest BCUT2D eigenvalue weighted by Gasteiger charge is -1.93. The molecule has 0 spiro atoms. The van der Waals surface area contributed by atoms with E-state index in [1.807, 2.05) is 6.92 Å². The smallest absolute Gasteiger partial charge is 0.126 e. The minimum absolute atomic E-state index is 0. The Morgan fingerprint density at radius 1 is 1.78 bits per heavy atom. The number of halogens is 1. The van der Waals surface area contributed by atoms with Gasteiger partial charge < -0.3 is 5.84 Å². The van der Waals surface area contributed by atoms with Gasteiger partial charge in [0.1, 0.15) is 5.82 Å². The van der Waals surface area contributed by atoms with Crippen molar-refractivity contribution in [3.8, 4) is 0 Å². The van der Waals surface area contributed by atoms with Gasteiger partial charge in [0.15, 0.2) is 0 Å². The van der Waals surface area contributed by atoms with Gasteiger partial charge in [0.25, 0.3) is 0 Å². The highest BCUT2D eigenvalue weighted by Crippen LogP contribution is 1.90. The Morgan fingerprint density at radius 3 is 2.67 bits per heavy atom. The first kappa shape index (κ1) is 8.30. The maximum absolute atomic E-state index is 5.41. The number of imidazole rings is 1. The number of nitrogens with two attached hydrogens (primary N) is 1. The standard InChI is InChI=1S/C5H9N3.ClH/c1-2-5-7-3-4-8(5)6;/h3-4H,2,6H2,1H3;1H. The van der Waals surface area contributed by atoms with Gasteiger partial charge in [-0.25, -0.2) is 4.98 Å². The number of hydrogen-bond donors (Lipinski definition) is 1. The van der Waals surface area contributed by atoms with E-state index in [2.05, 4.69) is 4.98 Å². The van der Waals surface area contributed by atoms with Crippen LogP contribution in [0, 0.1) is 0 Å². The molecule has 0 aliphatic carbocycles. The molecule has 0 atom stereocenters. The molecule has 52 valence electrons. The van der Waals surface area contributed by atoms with Crippen LogP contribution in [-0.4, -0.2) is 9.66 Å². The van der Waals surface area contributed by atoms with Crippen LogP contribution < -0.4 is 5.84 Å². The third kappa shape index (κ3) is 1.61. The lowest BCUT2D eigenvalue weighted by molar-refractivity contribution is 0.858. The van der Waals surface area contributed by atoms with E-state index in [-0.39, 0.29) is 12.4 Å². The Kier molecular flexibility index (Phi) is 3.09. The summed E-state index contributed by atoms with van der Waals surface area (Å²) < 4.78 is 1.53. The maximum Gasteiger partial charge on any atom is 0.126 e. The van der Waals surface area contributed by atoms with E-state index in [0.29, 0.717) is 0 Å². The fourth-order valence-electron chi connectivity index (χ4n) is 0.618. The molecule has 1 rings (SSSR count). The first-order chi connectivity index (χ1) is 3.84. The molecule has 3 nitrogen and oxygen atoms in total. The predicted molar refractivity (Wildman–Crippen MR) is 39.0 cm³/mol. The Labute approximate surface area is 60.3 Å². The van der Waals surface area contributed by atoms with Crippen molar-refractivity contribution in [2.24, 2.45) is 0 Å². The van der Waals surface area contributed by atoms with Crippen LogP contribution in [0.2, 0.25) is 0 Å². The number of aryl methyl sites for hydroxylation is 1. The first-order valence-electron chi connectivity index (χ1n) is 2.62. The molecule has 1 aromatic heterocycles. The fraction of sp³-hybridized carbons (Fsp3) is 0.400. The molecule has 0 radical (unpaired) electrons. The highest BCUT2D eigenvalue weighted by atomic mass is 35.5. The Morgan fingerprint density at radius 2 is 2.44 bits per heavy atom. The molecule has 9 heavy (non-hydrogen) atoms. The van der Waals surface area contributed by atoms with Gasteiger partial charge in [-0.3, -0.25) is 4.68 Å². The molecule has 2 N–H and O–H groups in total. The molecule has 1 heterocycles. The van der Waals surface area contributed by atoms with Gasteiger partial charge in [-0.05, 0) is 0 Å². The van der Waals surface area contributed by atoms with Crippen LogP contribution in [0.4, 0.5) is 0 Å². The Hall–Kier alpha value is -0.700. The lowest BCUT2D eigenvalue weighted by Crippen LogP contribution is -2.10. The monoisotopic (exact) mass is 147 g/mol. The summed E-state index contributed by atoms with van der Waals surface area (Å²) in [7, 11) is 0. The molecule has 0 saturated carbocycles. The highest BCUT2D eigenvalue weighted by Gasteiger charge is 1.91. The Balaban J connectivity index is 0.000000640. The fourth-order valence-corrected chi connectivity index (χ4v) is 0.618. The number of nitrogen functional groups attached to an aromatic ring is 1. The molecular weight excluding hydrogens is 138 g/mol. The minimum atomic E-state index is 0. The minimum Gasteiger partial charge on any atom is -0.338 e. The predicted octanol–water partition coefficient (Wildman–Crippen LogP) is 0.581. The molecule has 0 aliphatic heterocycles. The van der Waals surface area contributed by atoms with Crippen molar-refractivity contribution in [1.29, 1.82) is 0 Å². The van der Waals surface area contributed by atoms with Crippen molar-refractivity contribution in [1.82, 2.24) is 9.66 Å². The molecular formula is C5H10ClN3. The maximum atomic E-state index is 5.41. The summed E-state index contributed by atoms with van der Waals surface area (Å²) in [5.74, 6) is 6.33. The van der Waals surface area contributed by atoms with Crippen LogP contribution >= 0.6 is 12.4 Å². The van der Waals surface area contributed by atoms with Gasteiger partial charge in [-0.2, -0.15) is 0 Å². The second-order valence-corrected chi connectivity index (χ2v) is 1.60. The van der Waals surface area contributed by atoms with E-state index in [1.54, 1.807) is 12.4 Å². The summed E-state index contributed by atoms with van der Waals surface area (Å²) in [6, 6.07) is 0. The molecule has 0 unspecified atom stereocenters. The van der Waals surface area contributed by atoms with Crippen molar-refractivity contribution in [3.05, 3.63) is 18.2 Å². The van der Waals surface area contributed by atoms with Gasteiger partial charge in [-0.15, -0.1) is 12.4 Å². The normalized spacial score (nSPS) is 8.56. The molecule has 0 aromatic carbocycles. The SMILES string of the molecule is CCc1nccn1N.Cl. The van der Waals surface area contributed by atoms with Crippen LogP contribution in [0.5, 0.6) is 0 Å². The van der Waals surface area contributed by atoms with Gasteiger partial charge in [0, 0.05) is 18.8 Å². The topological polar surface area (TPSA) is 43.8 Å². The van der Waals surface area contributed by atoms with Gasteiger partial charge in [0.2, 0.25) is 0 Å². The average molecular weight is 148 g/mol. The van der Waals surface area contributed by atoms with Crippen LogP contribution in [-0.2, 0) is 6.42 Å². The summed E-state index contributed by atoms with van der Waals surface area (Å²) in [6.45, 7) is 2.02. The van der Waals surface area contributed by atoms with Crippen molar-refractivity contribution in [3.63, 3.8) is 0 Å². The molecule has 4 heteroatoms. The van der Waals surface area contributed by atoms with Crippen molar-refractivity contribution in [2.45, 2.75) is 13.3 Å². The summed E-state index contributed by atoms with van der Waals surface area (Å²) in [5.41, 5.74) is 0. The van der Waals surface area contributed by atoms with E-state index in [0.717, 1.165) is 12.2 Å². The zero-order valence-electron chi connectivity index (χ0n) is 5.24. The van der Waals surface area contributed by atoms with E-state index >= 15 is 0 Å². The summed E-state index contributed by atoms with van der Waals surface area (Å²) in [5, 5.41) is 0. The zero-order chi connectivity index (χ0) is 5.98. The number of rotatable bonds is 1. The number of aromatic nitrogens is 2. The average Bonchev–Trinajstić information content (AvgIpc) is 2.14. The van der Waals surface area contributed by atoms with Crippen molar-refractivity contribution < 1.29 is 0 Å². The summed E-state index contributed by atoms with van der Waals surface area (Å²) >= 11 is 0. The molecule has 0 saturated heterocycles. The van der Waals surface area contributed by atoms with Crippen LogP contribution in [0.25, 0.3) is 0 Å². The number of nitrogens with zero attached hydrogens (tertiary/aromatic N) is 2. The van der Waals surface area contributed by atoms with E-state index in [9.17, 15) is 0 Å². The van der Waals surface area contributed by atoms with Crippen LogP contribution in [0.15, 0.2) is 12.4 Å². The lowest BCUT2D eigenvalue weighted by atomic mass is 10.5. The molecule has 0 amide bonds. The Bertz CT molecular complexity index is 172.